The highest BCUT2D eigenvalue weighted by molar-refractivity contribution is 5.79. The van der Waals surface area contributed by atoms with Crippen molar-refractivity contribution in [3.05, 3.63) is 53.7 Å². The van der Waals surface area contributed by atoms with Gasteiger partial charge in [0.25, 0.3) is 0 Å². The molecule has 150 valence electrons. The van der Waals surface area contributed by atoms with Crippen LogP contribution >= 0.6 is 0 Å². The molecule has 0 spiro atoms. The van der Waals surface area contributed by atoms with Gasteiger partial charge in [0.15, 0.2) is 5.96 Å². The van der Waals surface area contributed by atoms with E-state index in [0.717, 1.165) is 49.3 Å². The summed E-state index contributed by atoms with van der Waals surface area (Å²) in [6, 6.07) is 12.0. The van der Waals surface area contributed by atoms with Crippen LogP contribution < -0.4 is 20.1 Å². The van der Waals surface area contributed by atoms with Gasteiger partial charge in [0.2, 0.25) is 5.88 Å². The number of benzene rings is 1. The molecule has 0 radical (unpaired) electrons. The van der Waals surface area contributed by atoms with Gasteiger partial charge in [-0.05, 0) is 49.3 Å². The van der Waals surface area contributed by atoms with Crippen LogP contribution in [-0.2, 0) is 13.0 Å². The lowest BCUT2D eigenvalue weighted by Crippen LogP contribution is -2.38. The van der Waals surface area contributed by atoms with Gasteiger partial charge in [-0.25, -0.2) is 9.98 Å². The summed E-state index contributed by atoms with van der Waals surface area (Å²) in [5.74, 6) is 3.14. The van der Waals surface area contributed by atoms with E-state index in [1.54, 1.807) is 7.11 Å². The van der Waals surface area contributed by atoms with Crippen LogP contribution in [0.4, 0.5) is 0 Å². The number of methoxy groups -OCH3 is 1. The monoisotopic (exact) mass is 382 g/mol. The minimum absolute atomic E-state index is 0.569. The molecule has 0 unspecified atom stereocenters. The van der Waals surface area contributed by atoms with E-state index in [-0.39, 0.29) is 0 Å². The molecule has 1 aliphatic rings. The zero-order valence-corrected chi connectivity index (χ0v) is 16.8. The van der Waals surface area contributed by atoms with Crippen LogP contribution in [0.5, 0.6) is 11.6 Å². The summed E-state index contributed by atoms with van der Waals surface area (Å²) in [5, 5.41) is 6.66. The maximum Gasteiger partial charge on any atom is 0.213 e. The number of ether oxygens (including phenoxy) is 2. The van der Waals surface area contributed by atoms with Gasteiger partial charge in [0.05, 0.1) is 20.3 Å². The Kier molecular flexibility index (Phi) is 7.53. The molecule has 0 aliphatic heterocycles. The van der Waals surface area contributed by atoms with Crippen LogP contribution in [0, 0.1) is 5.92 Å². The lowest BCUT2D eigenvalue weighted by atomic mass is 10.1. The van der Waals surface area contributed by atoms with Gasteiger partial charge in [-0.3, -0.25) is 0 Å². The third-order valence-corrected chi connectivity index (χ3v) is 4.60. The van der Waals surface area contributed by atoms with Crippen molar-refractivity contribution in [3.8, 4) is 11.6 Å². The van der Waals surface area contributed by atoms with E-state index in [4.69, 9.17) is 9.47 Å². The van der Waals surface area contributed by atoms with E-state index < -0.39 is 0 Å². The molecule has 0 amide bonds. The van der Waals surface area contributed by atoms with Gasteiger partial charge >= 0.3 is 0 Å². The number of pyridine rings is 1. The molecule has 1 aromatic heterocycles. The first-order valence-corrected chi connectivity index (χ1v) is 10.00. The predicted octanol–water partition coefficient (Wildman–Crippen LogP) is 3.18. The quantitative estimate of drug-likeness (QED) is 0.488. The highest BCUT2D eigenvalue weighted by atomic mass is 16.5. The van der Waals surface area contributed by atoms with Gasteiger partial charge < -0.3 is 20.1 Å². The number of guanidine groups is 1. The van der Waals surface area contributed by atoms with E-state index in [2.05, 4.69) is 33.6 Å². The molecule has 0 atom stereocenters. The summed E-state index contributed by atoms with van der Waals surface area (Å²) >= 11 is 0. The number of hydrogen-bond acceptors (Lipinski definition) is 4. The third-order valence-electron chi connectivity index (χ3n) is 4.60. The van der Waals surface area contributed by atoms with E-state index >= 15 is 0 Å². The maximum atomic E-state index is 5.68. The minimum Gasteiger partial charge on any atom is -0.496 e. The van der Waals surface area contributed by atoms with Crippen molar-refractivity contribution < 1.29 is 9.47 Å². The van der Waals surface area contributed by atoms with Crippen molar-refractivity contribution in [3.63, 3.8) is 0 Å². The highest BCUT2D eigenvalue weighted by Gasteiger charge is 2.22. The van der Waals surface area contributed by atoms with E-state index in [0.29, 0.717) is 12.4 Å². The van der Waals surface area contributed by atoms with Crippen molar-refractivity contribution in [1.82, 2.24) is 15.6 Å². The average molecular weight is 383 g/mol. The van der Waals surface area contributed by atoms with Gasteiger partial charge in [0.1, 0.15) is 5.75 Å². The normalized spacial score (nSPS) is 13.9. The molecule has 6 nitrogen and oxygen atoms in total. The first kappa shape index (κ1) is 20.0. The second kappa shape index (κ2) is 10.5. The van der Waals surface area contributed by atoms with Gasteiger partial charge in [0, 0.05) is 25.4 Å². The number of rotatable bonds is 10. The lowest BCUT2D eigenvalue weighted by molar-refractivity contribution is 0.288. The number of nitrogens with one attached hydrogen (secondary N) is 2. The van der Waals surface area contributed by atoms with Gasteiger partial charge in [-0.1, -0.05) is 24.3 Å². The van der Waals surface area contributed by atoms with E-state index in [1.807, 2.05) is 36.5 Å². The molecule has 1 aromatic carbocycles. The fourth-order valence-electron chi connectivity index (χ4n) is 2.81. The smallest absolute Gasteiger partial charge is 0.213 e. The molecule has 1 fully saturated rings. The predicted molar refractivity (Wildman–Crippen MR) is 112 cm³/mol. The summed E-state index contributed by atoms with van der Waals surface area (Å²) in [4.78, 5) is 9.03. The highest BCUT2D eigenvalue weighted by Crippen LogP contribution is 2.29. The van der Waals surface area contributed by atoms with Crippen LogP contribution in [0.25, 0.3) is 0 Å². The average Bonchev–Trinajstić information content (AvgIpc) is 3.56. The molecule has 0 bridgehead atoms. The molecular weight excluding hydrogens is 352 g/mol. The van der Waals surface area contributed by atoms with Gasteiger partial charge in [-0.15, -0.1) is 0 Å². The minimum atomic E-state index is 0.569. The fraction of sp³-hybridized carbons (Fsp3) is 0.455. The van der Waals surface area contributed by atoms with Crippen molar-refractivity contribution in [1.29, 1.82) is 0 Å². The van der Waals surface area contributed by atoms with Crippen molar-refractivity contribution in [2.24, 2.45) is 10.9 Å². The molecule has 28 heavy (non-hydrogen) atoms. The van der Waals surface area contributed by atoms with Crippen molar-refractivity contribution in [2.75, 3.05) is 26.8 Å². The van der Waals surface area contributed by atoms with Crippen LogP contribution in [0.15, 0.2) is 47.6 Å². The summed E-state index contributed by atoms with van der Waals surface area (Å²) in [6.45, 7) is 5.00. The fourth-order valence-corrected chi connectivity index (χ4v) is 2.81. The molecule has 0 saturated heterocycles. The first-order chi connectivity index (χ1) is 13.8. The topological polar surface area (TPSA) is 67.8 Å². The van der Waals surface area contributed by atoms with Crippen LogP contribution in [0.3, 0.4) is 0 Å². The third kappa shape index (κ3) is 6.44. The number of nitrogens with zero attached hydrogens (tertiary/aromatic N) is 2. The number of para-hydroxylation sites is 1. The summed E-state index contributed by atoms with van der Waals surface area (Å²) in [7, 11) is 1.70. The second-order valence-corrected chi connectivity index (χ2v) is 6.94. The second-order valence-electron chi connectivity index (χ2n) is 6.94. The largest absolute Gasteiger partial charge is 0.496 e. The SMILES string of the molecule is CCNC(=NCc1ccc(OCC2CC2)nc1)NCCc1ccccc1OC. The number of aliphatic imine (C=N–C) groups is 1. The Morgan fingerprint density at radius 3 is 2.75 bits per heavy atom. The van der Waals surface area contributed by atoms with E-state index in [1.165, 1.54) is 18.4 Å². The van der Waals surface area contributed by atoms with Crippen molar-refractivity contribution >= 4 is 5.96 Å². The van der Waals surface area contributed by atoms with Gasteiger partial charge in [-0.2, -0.15) is 0 Å². The lowest BCUT2D eigenvalue weighted by Gasteiger charge is -2.13. The molecular formula is C22H30N4O2. The summed E-state index contributed by atoms with van der Waals surface area (Å²) in [5.41, 5.74) is 2.24. The van der Waals surface area contributed by atoms with E-state index in [9.17, 15) is 0 Å². The summed E-state index contributed by atoms with van der Waals surface area (Å²) in [6.07, 6.45) is 5.27. The molecule has 6 heteroatoms. The van der Waals surface area contributed by atoms with Crippen molar-refractivity contribution in [2.45, 2.75) is 32.7 Å². The van der Waals surface area contributed by atoms with Crippen LogP contribution in [0.1, 0.15) is 30.9 Å². The summed E-state index contributed by atoms with van der Waals surface area (Å²) < 4.78 is 11.1. The van der Waals surface area contributed by atoms with Crippen LogP contribution in [-0.4, -0.2) is 37.7 Å². The Balaban J connectivity index is 1.48. The molecule has 2 aromatic rings. The zero-order valence-electron chi connectivity index (χ0n) is 16.8. The zero-order chi connectivity index (χ0) is 19.6. The Morgan fingerprint density at radius 2 is 2.04 bits per heavy atom. The molecule has 1 aliphatic carbocycles. The standard InChI is InChI=1S/C22H30N4O2/c1-3-23-22(24-13-12-19-6-4-5-7-20(19)27-2)26-15-18-10-11-21(25-14-18)28-16-17-8-9-17/h4-7,10-11,14,17H,3,8-9,12-13,15-16H2,1-2H3,(H2,23,24,26). The molecule has 1 saturated carbocycles. The molecule has 1 heterocycles. The first-order valence-electron chi connectivity index (χ1n) is 10.00. The maximum absolute atomic E-state index is 5.68. The molecule has 3 rings (SSSR count). The Morgan fingerprint density at radius 1 is 1.18 bits per heavy atom. The Labute approximate surface area is 167 Å². The molecule has 2 N–H and O–H groups in total. The van der Waals surface area contributed by atoms with Crippen LogP contribution in [0.2, 0.25) is 0 Å². The Hall–Kier alpha value is -2.76. The Bertz CT molecular complexity index is 757. The number of hydrogen-bond donors (Lipinski definition) is 2. The number of aromatic nitrogens is 1.